The second-order valence-corrected chi connectivity index (χ2v) is 5.29. The zero-order valence-electron chi connectivity index (χ0n) is 9.03. The van der Waals surface area contributed by atoms with Gasteiger partial charge < -0.3 is 10.2 Å². The zero-order chi connectivity index (χ0) is 11.0. The van der Waals surface area contributed by atoms with Crippen molar-refractivity contribution in [3.05, 3.63) is 0 Å². The lowest BCUT2D eigenvalue weighted by atomic mass is 10.0. The summed E-state index contributed by atoms with van der Waals surface area (Å²) in [7, 11) is 1.80. The molecule has 0 aromatic rings. The highest BCUT2D eigenvalue weighted by Crippen LogP contribution is 2.36. The minimum atomic E-state index is -0.191. The molecule has 2 fully saturated rings. The van der Waals surface area contributed by atoms with Gasteiger partial charge in [-0.3, -0.25) is 9.59 Å². The molecule has 3 atom stereocenters. The van der Waals surface area contributed by atoms with E-state index in [2.05, 4.69) is 5.32 Å². The third kappa shape index (κ3) is 1.78. The molecule has 0 saturated carbocycles. The molecule has 2 heterocycles. The van der Waals surface area contributed by atoms with Crippen molar-refractivity contribution in [2.24, 2.45) is 0 Å². The van der Waals surface area contributed by atoms with E-state index >= 15 is 0 Å². The van der Waals surface area contributed by atoms with Crippen molar-refractivity contribution < 1.29 is 9.59 Å². The quantitative estimate of drug-likeness (QED) is 0.735. The normalized spacial score (nSPS) is 35.5. The van der Waals surface area contributed by atoms with Crippen molar-refractivity contribution in [1.82, 2.24) is 10.2 Å². The van der Waals surface area contributed by atoms with E-state index in [1.54, 1.807) is 30.6 Å². The summed E-state index contributed by atoms with van der Waals surface area (Å²) in [6.45, 7) is 1.57. The van der Waals surface area contributed by atoms with Crippen molar-refractivity contribution in [2.45, 2.75) is 37.2 Å². The molecule has 84 valence electrons. The molecule has 1 unspecified atom stereocenters. The van der Waals surface area contributed by atoms with Crippen molar-refractivity contribution in [2.75, 3.05) is 12.8 Å². The van der Waals surface area contributed by atoms with Gasteiger partial charge in [0, 0.05) is 5.75 Å². The number of thioether (sulfide) groups is 1. The van der Waals surface area contributed by atoms with E-state index in [0.29, 0.717) is 0 Å². The standard InChI is InChI=1S/C10H16N2O2S/c1-6(13)8-5-15-9-4-3-7(11-2)10(14)12(8)9/h7-9,11H,3-5H2,1-2H3/t7-,8?,9-/m0/s1. The van der Waals surface area contributed by atoms with E-state index in [4.69, 9.17) is 0 Å². The van der Waals surface area contributed by atoms with Gasteiger partial charge in [-0.1, -0.05) is 0 Å². The van der Waals surface area contributed by atoms with Crippen LogP contribution in [-0.4, -0.2) is 46.8 Å². The minimum absolute atomic E-state index is 0.0956. The Balaban J connectivity index is 2.18. The summed E-state index contributed by atoms with van der Waals surface area (Å²) in [6.07, 6.45) is 1.87. The van der Waals surface area contributed by atoms with E-state index in [1.165, 1.54) is 0 Å². The molecule has 5 heteroatoms. The molecule has 2 rings (SSSR count). The molecule has 1 amide bonds. The molecule has 0 aliphatic carbocycles. The van der Waals surface area contributed by atoms with Crippen molar-refractivity contribution in [1.29, 1.82) is 0 Å². The van der Waals surface area contributed by atoms with Crippen LogP contribution in [0, 0.1) is 0 Å². The lowest BCUT2D eigenvalue weighted by Gasteiger charge is -2.36. The van der Waals surface area contributed by atoms with Crippen LogP contribution in [0.4, 0.5) is 0 Å². The van der Waals surface area contributed by atoms with E-state index in [-0.39, 0.29) is 29.1 Å². The highest BCUT2D eigenvalue weighted by Gasteiger charge is 2.44. The first kappa shape index (κ1) is 11.0. The number of likely N-dealkylation sites (N-methyl/N-ethyl adjacent to an activating group) is 1. The Morgan fingerprint density at radius 2 is 2.27 bits per heavy atom. The molecule has 4 nitrogen and oxygen atoms in total. The Hall–Kier alpha value is -0.550. The number of nitrogens with one attached hydrogen (secondary N) is 1. The van der Waals surface area contributed by atoms with Gasteiger partial charge in [-0.25, -0.2) is 0 Å². The molecule has 2 aliphatic heterocycles. The number of Topliss-reactive ketones (excluding diaryl/α,β-unsaturated/α-hetero) is 1. The predicted molar refractivity (Wildman–Crippen MR) is 59.6 cm³/mol. The van der Waals surface area contributed by atoms with Crippen LogP contribution in [-0.2, 0) is 9.59 Å². The second kappa shape index (κ2) is 4.14. The Kier molecular flexibility index (Phi) is 3.02. The summed E-state index contributed by atoms with van der Waals surface area (Å²) in [5, 5.41) is 3.25. The summed E-state index contributed by atoms with van der Waals surface area (Å²) >= 11 is 1.74. The van der Waals surface area contributed by atoms with Gasteiger partial charge in [-0.2, -0.15) is 0 Å². The van der Waals surface area contributed by atoms with Gasteiger partial charge in [-0.15, -0.1) is 11.8 Å². The number of hydrogen-bond acceptors (Lipinski definition) is 4. The fraction of sp³-hybridized carbons (Fsp3) is 0.800. The lowest BCUT2D eigenvalue weighted by Crippen LogP contribution is -2.55. The number of piperidine rings is 1. The molecular weight excluding hydrogens is 212 g/mol. The van der Waals surface area contributed by atoms with Crippen LogP contribution in [0.3, 0.4) is 0 Å². The number of ketones is 1. The molecule has 15 heavy (non-hydrogen) atoms. The second-order valence-electron chi connectivity index (χ2n) is 4.08. The van der Waals surface area contributed by atoms with Crippen molar-refractivity contribution in [3.63, 3.8) is 0 Å². The largest absolute Gasteiger partial charge is 0.318 e. The maximum Gasteiger partial charge on any atom is 0.241 e. The number of amides is 1. The van der Waals surface area contributed by atoms with Crippen LogP contribution < -0.4 is 5.32 Å². The Morgan fingerprint density at radius 1 is 1.53 bits per heavy atom. The van der Waals surface area contributed by atoms with Crippen LogP contribution >= 0.6 is 11.8 Å². The van der Waals surface area contributed by atoms with E-state index in [1.807, 2.05) is 0 Å². The molecule has 2 saturated heterocycles. The van der Waals surface area contributed by atoms with Gasteiger partial charge in [0.15, 0.2) is 5.78 Å². The predicted octanol–water partition coefficient (Wildman–Crippen LogP) is 0.227. The fourth-order valence-corrected chi connectivity index (χ4v) is 3.79. The summed E-state index contributed by atoms with van der Waals surface area (Å²) in [4.78, 5) is 25.3. The molecule has 0 bridgehead atoms. The summed E-state index contributed by atoms with van der Waals surface area (Å²) in [6, 6.07) is -0.287. The van der Waals surface area contributed by atoms with Crippen LogP contribution in [0.5, 0.6) is 0 Å². The van der Waals surface area contributed by atoms with Gasteiger partial charge >= 0.3 is 0 Å². The average molecular weight is 228 g/mol. The van der Waals surface area contributed by atoms with Gasteiger partial charge in [0.05, 0.1) is 11.4 Å². The number of fused-ring (bicyclic) bond motifs is 1. The van der Waals surface area contributed by atoms with E-state index in [0.717, 1.165) is 18.6 Å². The summed E-state index contributed by atoms with van der Waals surface area (Å²) in [5.41, 5.74) is 0. The maximum absolute atomic E-state index is 12.1. The molecule has 1 N–H and O–H groups in total. The van der Waals surface area contributed by atoms with Crippen LogP contribution in [0.2, 0.25) is 0 Å². The van der Waals surface area contributed by atoms with Gasteiger partial charge in [0.25, 0.3) is 0 Å². The summed E-state index contributed by atoms with van der Waals surface area (Å²) < 4.78 is 0. The highest BCUT2D eigenvalue weighted by atomic mass is 32.2. The van der Waals surface area contributed by atoms with Crippen LogP contribution in [0.25, 0.3) is 0 Å². The van der Waals surface area contributed by atoms with Crippen LogP contribution in [0.15, 0.2) is 0 Å². The van der Waals surface area contributed by atoms with Crippen LogP contribution in [0.1, 0.15) is 19.8 Å². The Labute approximate surface area is 93.8 Å². The topological polar surface area (TPSA) is 49.4 Å². The third-order valence-electron chi connectivity index (χ3n) is 3.17. The van der Waals surface area contributed by atoms with E-state index in [9.17, 15) is 9.59 Å². The average Bonchev–Trinajstić information content (AvgIpc) is 2.63. The molecule has 2 aliphatic rings. The number of carbonyl (C=O) groups is 2. The number of carbonyl (C=O) groups excluding carboxylic acids is 2. The lowest BCUT2D eigenvalue weighted by molar-refractivity contribution is -0.142. The number of nitrogens with zero attached hydrogens (tertiary/aromatic N) is 1. The zero-order valence-corrected chi connectivity index (χ0v) is 9.84. The first-order chi connectivity index (χ1) is 7.15. The molecular formula is C10H16N2O2S. The minimum Gasteiger partial charge on any atom is -0.318 e. The van der Waals surface area contributed by atoms with E-state index < -0.39 is 0 Å². The van der Waals surface area contributed by atoms with Crippen molar-refractivity contribution >= 4 is 23.5 Å². The van der Waals surface area contributed by atoms with Gasteiger partial charge in [0.2, 0.25) is 5.91 Å². The monoisotopic (exact) mass is 228 g/mol. The van der Waals surface area contributed by atoms with Gasteiger partial charge in [-0.05, 0) is 26.8 Å². The first-order valence-corrected chi connectivity index (χ1v) is 6.31. The number of rotatable bonds is 2. The Morgan fingerprint density at radius 3 is 2.87 bits per heavy atom. The summed E-state index contributed by atoms with van der Waals surface area (Å²) in [5.74, 6) is 0.969. The van der Waals surface area contributed by atoms with Gasteiger partial charge in [0.1, 0.15) is 6.04 Å². The fourth-order valence-electron chi connectivity index (χ4n) is 2.28. The third-order valence-corrected chi connectivity index (χ3v) is 4.52. The van der Waals surface area contributed by atoms with Crippen molar-refractivity contribution in [3.8, 4) is 0 Å². The smallest absolute Gasteiger partial charge is 0.241 e. The molecule has 0 radical (unpaired) electrons. The molecule has 0 aromatic heterocycles. The number of hydrogen-bond donors (Lipinski definition) is 1. The molecule has 0 spiro atoms. The highest BCUT2D eigenvalue weighted by molar-refractivity contribution is 8.00. The maximum atomic E-state index is 12.1. The SMILES string of the molecule is CN[C@H]1CC[C@@H]2SCC(C(C)=O)N2C1=O. The Bertz CT molecular complexity index is 295. The molecule has 0 aromatic carbocycles. The first-order valence-electron chi connectivity index (χ1n) is 5.26.